The van der Waals surface area contributed by atoms with Gasteiger partial charge in [-0.25, -0.2) is 9.18 Å². The Morgan fingerprint density at radius 2 is 2.12 bits per heavy atom. The van der Waals surface area contributed by atoms with Gasteiger partial charge in [0.2, 0.25) is 0 Å². The third kappa shape index (κ3) is 3.51. The molecule has 0 aromatic heterocycles. The highest BCUT2D eigenvalue weighted by molar-refractivity contribution is 7.80. The van der Waals surface area contributed by atoms with E-state index in [1.807, 2.05) is 11.8 Å². The number of carbonyl (C=O) groups excluding carboxylic acids is 1. The molecule has 1 heterocycles. The van der Waals surface area contributed by atoms with Crippen molar-refractivity contribution in [2.24, 2.45) is 0 Å². The zero-order valence-corrected chi connectivity index (χ0v) is 15.9. The van der Waals surface area contributed by atoms with Crippen molar-refractivity contribution in [3.8, 4) is 0 Å². The van der Waals surface area contributed by atoms with Crippen LogP contribution in [0.3, 0.4) is 0 Å². The first-order valence-corrected chi connectivity index (χ1v) is 9.05. The molecule has 7 heteroatoms. The van der Waals surface area contributed by atoms with Crippen LogP contribution in [0.2, 0.25) is 5.02 Å². The number of hydrogen-bond donors (Lipinski definition) is 1. The Labute approximate surface area is 157 Å². The van der Waals surface area contributed by atoms with Crippen molar-refractivity contribution in [3.63, 3.8) is 0 Å². The minimum absolute atomic E-state index is 0.206. The molecule has 0 saturated heterocycles. The number of carbonyl (C=O) groups is 1. The summed E-state index contributed by atoms with van der Waals surface area (Å²) in [4.78, 5) is 14.7. The van der Waals surface area contributed by atoms with Gasteiger partial charge in [0.25, 0.3) is 0 Å². The molecule has 4 nitrogen and oxygen atoms in total. The highest BCUT2D eigenvalue weighted by atomic mass is 35.5. The number of nitrogens with zero attached hydrogens (tertiary/aromatic N) is 1. The summed E-state index contributed by atoms with van der Waals surface area (Å²) in [6, 6.07) is 3.95. The van der Waals surface area contributed by atoms with Gasteiger partial charge in [0.1, 0.15) is 5.82 Å². The molecular weight excluding hydrogens is 363 g/mol. The van der Waals surface area contributed by atoms with E-state index in [1.54, 1.807) is 19.9 Å². The van der Waals surface area contributed by atoms with Gasteiger partial charge in [-0.15, -0.1) is 0 Å². The first-order chi connectivity index (χ1) is 11.8. The van der Waals surface area contributed by atoms with Crippen molar-refractivity contribution in [1.82, 2.24) is 10.2 Å². The van der Waals surface area contributed by atoms with Gasteiger partial charge in [0.15, 0.2) is 5.11 Å². The summed E-state index contributed by atoms with van der Waals surface area (Å²) in [5.41, 5.74) is 1.25. The summed E-state index contributed by atoms with van der Waals surface area (Å²) in [6.45, 7) is 5.38. The van der Waals surface area contributed by atoms with Gasteiger partial charge in [-0.1, -0.05) is 17.7 Å². The van der Waals surface area contributed by atoms with Crippen molar-refractivity contribution in [2.75, 3.05) is 0 Å². The average Bonchev–Trinajstić information content (AvgIpc) is 3.30. The number of allylic oxidation sites excluding steroid dienone is 1. The van der Waals surface area contributed by atoms with Crippen molar-refractivity contribution in [2.45, 2.75) is 51.8 Å². The summed E-state index contributed by atoms with van der Waals surface area (Å²) in [5, 5.41) is 3.81. The van der Waals surface area contributed by atoms with Crippen molar-refractivity contribution >= 4 is 34.9 Å². The third-order valence-corrected chi connectivity index (χ3v) is 4.93. The van der Waals surface area contributed by atoms with E-state index < -0.39 is 17.8 Å². The van der Waals surface area contributed by atoms with E-state index in [9.17, 15) is 9.18 Å². The second-order valence-corrected chi connectivity index (χ2v) is 7.37. The maximum absolute atomic E-state index is 14.5. The minimum atomic E-state index is -0.776. The van der Waals surface area contributed by atoms with Gasteiger partial charge in [-0.2, -0.15) is 0 Å². The monoisotopic (exact) mass is 382 g/mol. The molecule has 1 aromatic carbocycles. The topological polar surface area (TPSA) is 41.6 Å². The van der Waals surface area contributed by atoms with E-state index in [-0.39, 0.29) is 22.7 Å². The Bertz CT molecular complexity index is 741. The van der Waals surface area contributed by atoms with Crippen LogP contribution < -0.4 is 5.32 Å². The molecule has 2 aliphatic rings. The second kappa shape index (κ2) is 6.92. The van der Waals surface area contributed by atoms with Gasteiger partial charge < -0.3 is 15.0 Å². The van der Waals surface area contributed by atoms with E-state index in [4.69, 9.17) is 28.6 Å². The van der Waals surface area contributed by atoms with Gasteiger partial charge in [0.05, 0.1) is 17.7 Å². The van der Waals surface area contributed by atoms with Crippen LogP contribution in [-0.4, -0.2) is 28.1 Å². The lowest BCUT2D eigenvalue weighted by molar-refractivity contribution is -0.143. The van der Waals surface area contributed by atoms with Gasteiger partial charge >= 0.3 is 5.97 Å². The van der Waals surface area contributed by atoms with Crippen LogP contribution >= 0.6 is 23.8 Å². The Kier molecular flexibility index (Phi) is 5.02. The molecular formula is C18H20ClFN2O2S. The quantitative estimate of drug-likeness (QED) is 0.627. The molecule has 0 amide bonds. The molecule has 0 bridgehead atoms. The maximum Gasteiger partial charge on any atom is 0.338 e. The number of esters is 1. The summed E-state index contributed by atoms with van der Waals surface area (Å²) < 4.78 is 19.9. The fourth-order valence-electron chi connectivity index (χ4n) is 3.07. The first-order valence-electron chi connectivity index (χ1n) is 8.26. The molecule has 0 radical (unpaired) electrons. The van der Waals surface area contributed by atoms with Crippen molar-refractivity contribution in [3.05, 3.63) is 45.9 Å². The summed E-state index contributed by atoms with van der Waals surface area (Å²) >= 11 is 11.7. The van der Waals surface area contributed by atoms with Crippen LogP contribution in [0.5, 0.6) is 0 Å². The molecule has 1 fully saturated rings. The van der Waals surface area contributed by atoms with E-state index in [0.717, 1.165) is 12.8 Å². The van der Waals surface area contributed by atoms with Crippen LogP contribution in [0.4, 0.5) is 4.39 Å². The lowest BCUT2D eigenvalue weighted by Gasteiger charge is -2.38. The highest BCUT2D eigenvalue weighted by Gasteiger charge is 2.42. The molecule has 1 N–H and O–H groups in total. The van der Waals surface area contributed by atoms with E-state index >= 15 is 0 Å². The molecule has 0 spiro atoms. The van der Waals surface area contributed by atoms with E-state index in [0.29, 0.717) is 16.4 Å². The van der Waals surface area contributed by atoms with Crippen LogP contribution in [-0.2, 0) is 9.53 Å². The Hall–Kier alpha value is -1.66. The Morgan fingerprint density at radius 1 is 1.44 bits per heavy atom. The summed E-state index contributed by atoms with van der Waals surface area (Å²) in [6.07, 6.45) is 1.74. The Balaban J connectivity index is 2.12. The zero-order chi connectivity index (χ0) is 18.3. The lowest BCUT2D eigenvalue weighted by Crippen LogP contribution is -2.49. The van der Waals surface area contributed by atoms with Crippen molar-refractivity contribution < 1.29 is 13.9 Å². The molecule has 1 aromatic rings. The molecule has 1 atom stereocenters. The minimum Gasteiger partial charge on any atom is -0.459 e. The van der Waals surface area contributed by atoms with Crippen LogP contribution in [0.15, 0.2) is 29.5 Å². The lowest BCUT2D eigenvalue weighted by atomic mass is 9.94. The van der Waals surface area contributed by atoms with E-state index in [2.05, 4.69) is 5.32 Å². The molecule has 3 rings (SSSR count). The summed E-state index contributed by atoms with van der Waals surface area (Å²) in [5.74, 6) is -0.979. The standard InChI is InChI=1S/C18H20ClFN2O2S/c1-9(2)24-17(23)14-10(3)22(11-7-8-11)18(25)21-16(14)15-12(19)5-4-6-13(15)20/h4-6,9,11,16H,7-8H2,1-3H3,(H,21,25). The smallest absolute Gasteiger partial charge is 0.338 e. The largest absolute Gasteiger partial charge is 0.459 e. The number of nitrogens with one attached hydrogen (secondary N) is 1. The number of halogens is 2. The molecule has 25 heavy (non-hydrogen) atoms. The van der Waals surface area contributed by atoms with Gasteiger partial charge in [-0.3, -0.25) is 0 Å². The fourth-order valence-corrected chi connectivity index (χ4v) is 3.75. The van der Waals surface area contributed by atoms with Gasteiger partial charge in [0, 0.05) is 22.3 Å². The zero-order valence-electron chi connectivity index (χ0n) is 14.3. The highest BCUT2D eigenvalue weighted by Crippen LogP contribution is 2.40. The predicted molar refractivity (Wildman–Crippen MR) is 98.7 cm³/mol. The number of benzene rings is 1. The fraction of sp³-hybridized carbons (Fsp3) is 0.444. The number of ether oxygens (including phenoxy) is 1. The number of thiocarbonyl (C=S) groups is 1. The number of rotatable bonds is 4. The Morgan fingerprint density at radius 3 is 2.68 bits per heavy atom. The van der Waals surface area contributed by atoms with Crippen molar-refractivity contribution in [1.29, 1.82) is 0 Å². The number of hydrogen-bond acceptors (Lipinski definition) is 3. The third-order valence-electron chi connectivity index (χ3n) is 4.29. The molecule has 1 aliphatic carbocycles. The molecule has 1 unspecified atom stereocenters. The van der Waals surface area contributed by atoms with Crippen LogP contribution in [0, 0.1) is 5.82 Å². The van der Waals surface area contributed by atoms with Gasteiger partial charge in [-0.05, 0) is 58.0 Å². The molecule has 1 saturated carbocycles. The average molecular weight is 383 g/mol. The molecule has 134 valence electrons. The normalized spacial score (nSPS) is 20.8. The SMILES string of the molecule is CC1=C(C(=O)OC(C)C)C(c2c(F)cccc2Cl)NC(=S)N1C1CC1. The van der Waals surface area contributed by atoms with Crippen LogP contribution in [0.1, 0.15) is 45.2 Å². The van der Waals surface area contributed by atoms with E-state index in [1.165, 1.54) is 12.1 Å². The van der Waals surface area contributed by atoms with Crippen LogP contribution in [0.25, 0.3) is 0 Å². The molecule has 1 aliphatic heterocycles. The maximum atomic E-state index is 14.5. The first kappa shape index (κ1) is 18.1. The predicted octanol–water partition coefficient (Wildman–Crippen LogP) is 4.10. The summed E-state index contributed by atoms with van der Waals surface area (Å²) in [7, 11) is 0. The second-order valence-electron chi connectivity index (χ2n) is 6.57.